The number of hydrogen-bond acceptors (Lipinski definition) is 6. The van der Waals surface area contributed by atoms with Crippen molar-refractivity contribution in [1.82, 2.24) is 25.0 Å². The van der Waals surface area contributed by atoms with Crippen LogP contribution in [0.4, 0.5) is 5.69 Å². The van der Waals surface area contributed by atoms with Crippen LogP contribution in [0.5, 0.6) is 0 Å². The number of carbonyl (C=O) groups excluding carboxylic acids is 1. The van der Waals surface area contributed by atoms with E-state index < -0.39 is 0 Å². The second-order valence-electron chi connectivity index (χ2n) is 6.64. The highest BCUT2D eigenvalue weighted by molar-refractivity contribution is 5.94. The summed E-state index contributed by atoms with van der Waals surface area (Å²) in [6, 6.07) is 11.0. The highest BCUT2D eigenvalue weighted by atomic mass is 16.5. The van der Waals surface area contributed by atoms with E-state index in [2.05, 4.69) is 20.3 Å². The highest BCUT2D eigenvalue weighted by Crippen LogP contribution is 2.21. The predicted molar refractivity (Wildman–Crippen MR) is 106 cm³/mol. The number of nitrogens with zero attached hydrogens (tertiary/aromatic N) is 5. The van der Waals surface area contributed by atoms with Crippen molar-refractivity contribution in [2.75, 3.05) is 24.7 Å². The fourth-order valence-electron chi connectivity index (χ4n) is 3.33. The molecule has 3 aromatic heterocycles. The van der Waals surface area contributed by atoms with Crippen LogP contribution in [0, 0.1) is 0 Å². The normalized spacial score (nSPS) is 14.5. The number of aromatic amines is 1. The lowest BCUT2D eigenvalue weighted by Crippen LogP contribution is -2.41. The Balaban J connectivity index is 1.45. The topological polar surface area (TPSA) is 106 Å². The molecule has 9 heteroatoms. The van der Waals surface area contributed by atoms with Gasteiger partial charge in [-0.25, -0.2) is 4.68 Å². The number of benzene rings is 1. The van der Waals surface area contributed by atoms with E-state index in [9.17, 15) is 9.59 Å². The minimum Gasteiger partial charge on any atom is -0.370 e. The molecule has 0 spiro atoms. The predicted octanol–water partition coefficient (Wildman–Crippen LogP) is 1.53. The molecule has 9 nitrogen and oxygen atoms in total. The van der Waals surface area contributed by atoms with Crippen LogP contribution in [-0.4, -0.2) is 50.6 Å². The van der Waals surface area contributed by atoms with Crippen LogP contribution >= 0.6 is 0 Å². The van der Waals surface area contributed by atoms with Crippen LogP contribution in [0.15, 0.2) is 59.8 Å². The molecule has 1 amide bonds. The Labute approximate surface area is 164 Å². The summed E-state index contributed by atoms with van der Waals surface area (Å²) < 4.78 is 6.76. The first-order valence-electron chi connectivity index (χ1n) is 9.07. The van der Waals surface area contributed by atoms with Crippen molar-refractivity contribution in [1.29, 1.82) is 0 Å². The van der Waals surface area contributed by atoms with Gasteiger partial charge in [-0.3, -0.25) is 14.6 Å². The summed E-state index contributed by atoms with van der Waals surface area (Å²) in [5.41, 5.74) is 2.90. The summed E-state index contributed by atoms with van der Waals surface area (Å²) in [4.78, 5) is 32.9. The Kier molecular flexibility index (Phi) is 4.14. The second kappa shape index (κ2) is 6.95. The SMILES string of the molecule is O=C1COCCN1c1ccc(-n2cc(-c3cc4ccncc4[nH]c3=O)nn2)cc1. The van der Waals surface area contributed by atoms with Gasteiger partial charge in [0.1, 0.15) is 12.3 Å². The maximum absolute atomic E-state index is 12.4. The van der Waals surface area contributed by atoms with Crippen molar-refractivity contribution in [2.24, 2.45) is 0 Å². The molecule has 29 heavy (non-hydrogen) atoms. The zero-order valence-electron chi connectivity index (χ0n) is 15.3. The number of pyridine rings is 2. The molecule has 1 aliphatic heterocycles. The smallest absolute Gasteiger partial charge is 0.258 e. The molecule has 0 atom stereocenters. The average Bonchev–Trinajstić information content (AvgIpc) is 3.24. The van der Waals surface area contributed by atoms with Gasteiger partial charge in [0.2, 0.25) is 0 Å². The lowest BCUT2D eigenvalue weighted by atomic mass is 10.1. The van der Waals surface area contributed by atoms with Gasteiger partial charge in [-0.2, -0.15) is 0 Å². The van der Waals surface area contributed by atoms with Gasteiger partial charge in [-0.15, -0.1) is 5.10 Å². The Bertz CT molecular complexity index is 1260. The van der Waals surface area contributed by atoms with E-state index in [0.29, 0.717) is 29.9 Å². The number of carbonyl (C=O) groups is 1. The van der Waals surface area contributed by atoms with E-state index in [1.54, 1.807) is 34.2 Å². The molecule has 0 aliphatic carbocycles. The third-order valence-corrected chi connectivity index (χ3v) is 4.83. The van der Waals surface area contributed by atoms with Crippen LogP contribution in [0.25, 0.3) is 27.8 Å². The summed E-state index contributed by atoms with van der Waals surface area (Å²) >= 11 is 0. The Morgan fingerprint density at radius 2 is 1.90 bits per heavy atom. The number of H-pyrrole nitrogens is 1. The molecule has 0 radical (unpaired) electrons. The van der Waals surface area contributed by atoms with Gasteiger partial charge in [0.25, 0.3) is 11.5 Å². The molecule has 0 bridgehead atoms. The molecule has 1 N–H and O–H groups in total. The second-order valence-corrected chi connectivity index (χ2v) is 6.64. The van der Waals surface area contributed by atoms with Gasteiger partial charge in [0, 0.05) is 23.8 Å². The van der Waals surface area contributed by atoms with Crippen molar-refractivity contribution in [3.8, 4) is 16.9 Å². The largest absolute Gasteiger partial charge is 0.370 e. The summed E-state index contributed by atoms with van der Waals surface area (Å²) in [7, 11) is 0. The maximum Gasteiger partial charge on any atom is 0.258 e. The zero-order valence-corrected chi connectivity index (χ0v) is 15.3. The molecule has 144 valence electrons. The van der Waals surface area contributed by atoms with Crippen LogP contribution in [0.2, 0.25) is 0 Å². The summed E-state index contributed by atoms with van der Waals surface area (Å²) in [5.74, 6) is -0.0576. The van der Waals surface area contributed by atoms with Gasteiger partial charge in [0.05, 0.1) is 35.8 Å². The van der Waals surface area contributed by atoms with E-state index >= 15 is 0 Å². The fourth-order valence-corrected chi connectivity index (χ4v) is 3.33. The minimum absolute atomic E-state index is 0.0576. The number of rotatable bonds is 3. The molecule has 1 saturated heterocycles. The van der Waals surface area contributed by atoms with Gasteiger partial charge in [-0.1, -0.05) is 5.21 Å². The molecule has 1 aromatic carbocycles. The van der Waals surface area contributed by atoms with Crippen LogP contribution in [0.3, 0.4) is 0 Å². The van der Waals surface area contributed by atoms with Gasteiger partial charge in [0.15, 0.2) is 0 Å². The average molecular weight is 388 g/mol. The number of ether oxygens (including phenoxy) is 1. The summed E-state index contributed by atoms with van der Waals surface area (Å²) in [5, 5.41) is 9.16. The molecule has 5 rings (SSSR count). The third kappa shape index (κ3) is 3.17. The number of hydrogen-bond donors (Lipinski definition) is 1. The zero-order chi connectivity index (χ0) is 19.8. The first-order chi connectivity index (χ1) is 14.2. The number of morpholine rings is 1. The first kappa shape index (κ1) is 17.3. The number of nitrogens with one attached hydrogen (secondary N) is 1. The molecule has 0 saturated carbocycles. The van der Waals surface area contributed by atoms with Gasteiger partial charge < -0.3 is 14.6 Å². The monoisotopic (exact) mass is 388 g/mol. The number of amides is 1. The van der Waals surface area contributed by atoms with Gasteiger partial charge in [-0.05, 0) is 36.4 Å². The van der Waals surface area contributed by atoms with Crippen LogP contribution < -0.4 is 10.5 Å². The minimum atomic E-state index is -0.251. The van der Waals surface area contributed by atoms with Crippen molar-refractivity contribution < 1.29 is 9.53 Å². The molecular weight excluding hydrogens is 372 g/mol. The van der Waals surface area contributed by atoms with Crippen LogP contribution in [0.1, 0.15) is 0 Å². The number of fused-ring (bicyclic) bond motifs is 1. The van der Waals surface area contributed by atoms with Crippen molar-refractivity contribution >= 4 is 22.5 Å². The van der Waals surface area contributed by atoms with Crippen molar-refractivity contribution in [3.05, 3.63) is 65.3 Å². The number of anilines is 1. The van der Waals surface area contributed by atoms with Gasteiger partial charge >= 0.3 is 0 Å². The molecule has 4 heterocycles. The molecule has 1 aliphatic rings. The molecular formula is C20H16N6O3. The van der Waals surface area contributed by atoms with E-state index in [0.717, 1.165) is 16.8 Å². The molecule has 1 fully saturated rings. The summed E-state index contributed by atoms with van der Waals surface area (Å²) in [6.07, 6.45) is 4.98. The number of aromatic nitrogens is 5. The summed E-state index contributed by atoms with van der Waals surface area (Å²) in [6.45, 7) is 1.16. The van der Waals surface area contributed by atoms with Crippen molar-refractivity contribution in [2.45, 2.75) is 0 Å². The fraction of sp³-hybridized carbons (Fsp3) is 0.150. The van der Waals surface area contributed by atoms with E-state index in [4.69, 9.17) is 4.74 Å². The highest BCUT2D eigenvalue weighted by Gasteiger charge is 2.20. The standard InChI is InChI=1S/C20H16N6O3/c27-19-12-29-8-7-25(19)14-1-3-15(4-2-14)26-11-18(23-24-26)16-9-13-5-6-21-10-17(13)22-20(16)28/h1-6,9-11H,7-8,12H2,(H,22,28). The Morgan fingerprint density at radius 1 is 1.07 bits per heavy atom. The van der Waals surface area contributed by atoms with Crippen molar-refractivity contribution in [3.63, 3.8) is 0 Å². The lowest BCUT2D eigenvalue weighted by Gasteiger charge is -2.26. The van der Waals surface area contributed by atoms with E-state index in [1.165, 1.54) is 0 Å². The molecule has 4 aromatic rings. The Hall–Kier alpha value is -3.85. The lowest BCUT2D eigenvalue weighted by molar-refractivity contribution is -0.125. The first-order valence-corrected chi connectivity index (χ1v) is 9.07. The maximum atomic E-state index is 12.4. The molecule has 0 unspecified atom stereocenters. The Morgan fingerprint density at radius 3 is 2.72 bits per heavy atom. The quantitative estimate of drug-likeness (QED) is 0.571. The van der Waals surface area contributed by atoms with E-state index in [1.807, 2.05) is 30.3 Å². The van der Waals surface area contributed by atoms with Crippen LogP contribution in [-0.2, 0) is 9.53 Å². The third-order valence-electron chi connectivity index (χ3n) is 4.83. The van der Waals surface area contributed by atoms with E-state index in [-0.39, 0.29) is 18.1 Å².